The third-order valence-corrected chi connectivity index (χ3v) is 3.14. The van der Waals surface area contributed by atoms with E-state index in [4.69, 9.17) is 32.7 Å². The number of ether oxygens (including phenoxy) is 2. The Bertz CT molecular complexity index is 120. The van der Waals surface area contributed by atoms with Gasteiger partial charge in [0.15, 0.2) is 0 Å². The minimum Gasteiger partial charge on any atom is -0.365 e. The van der Waals surface area contributed by atoms with Crippen molar-refractivity contribution in [2.45, 2.75) is 25.7 Å². The van der Waals surface area contributed by atoms with Gasteiger partial charge in [0.2, 0.25) is 0 Å². The van der Waals surface area contributed by atoms with E-state index in [0.717, 1.165) is 13.2 Å². The largest absolute Gasteiger partial charge is 0.365 e. The molecule has 0 heterocycles. The molecule has 0 saturated heterocycles. The van der Waals surface area contributed by atoms with Gasteiger partial charge in [0, 0.05) is 0 Å². The lowest BCUT2D eigenvalue weighted by Gasteiger charge is -2.27. The van der Waals surface area contributed by atoms with Crippen LogP contribution in [0.1, 0.15) is 25.7 Å². The molecule has 1 aliphatic rings. The van der Waals surface area contributed by atoms with Gasteiger partial charge in [0.1, 0.15) is 12.1 Å². The van der Waals surface area contributed by atoms with Crippen LogP contribution in [0.15, 0.2) is 0 Å². The van der Waals surface area contributed by atoms with Crippen LogP contribution in [0.3, 0.4) is 0 Å². The summed E-state index contributed by atoms with van der Waals surface area (Å²) in [6.45, 7) is 1.62. The van der Waals surface area contributed by atoms with Crippen molar-refractivity contribution in [1.82, 2.24) is 0 Å². The SMILES string of the molecule is ClCOCC1CCC(COCCl)CC1. The van der Waals surface area contributed by atoms with Crippen LogP contribution in [0.25, 0.3) is 0 Å². The molecular formula is C10H18Cl2O2. The lowest BCUT2D eigenvalue weighted by atomic mass is 9.83. The Hall–Kier alpha value is 0.500. The van der Waals surface area contributed by atoms with E-state index >= 15 is 0 Å². The van der Waals surface area contributed by atoms with Crippen LogP contribution < -0.4 is 0 Å². The zero-order valence-electron chi connectivity index (χ0n) is 8.38. The molecule has 1 fully saturated rings. The number of hydrogen-bond donors (Lipinski definition) is 0. The van der Waals surface area contributed by atoms with E-state index in [0.29, 0.717) is 24.0 Å². The zero-order chi connectivity index (χ0) is 10.2. The van der Waals surface area contributed by atoms with Crippen molar-refractivity contribution in [3.05, 3.63) is 0 Å². The lowest BCUT2D eigenvalue weighted by molar-refractivity contribution is 0.0753. The second kappa shape index (κ2) is 7.75. The molecule has 14 heavy (non-hydrogen) atoms. The van der Waals surface area contributed by atoms with Crippen LogP contribution in [-0.4, -0.2) is 25.3 Å². The first-order valence-corrected chi connectivity index (χ1v) is 6.21. The standard InChI is InChI=1S/C10H18Cl2O2/c11-7-13-5-9-1-2-10(4-3-9)6-14-8-12/h9-10H,1-8H2. The Labute approximate surface area is 95.9 Å². The molecule has 1 aliphatic carbocycles. The van der Waals surface area contributed by atoms with Gasteiger partial charge in [-0.3, -0.25) is 0 Å². The Kier molecular flexibility index (Phi) is 6.96. The normalized spacial score (nSPS) is 27.9. The Morgan fingerprint density at radius 3 is 1.43 bits per heavy atom. The first kappa shape index (κ1) is 12.6. The van der Waals surface area contributed by atoms with E-state index in [2.05, 4.69) is 0 Å². The fraction of sp³-hybridized carbons (Fsp3) is 1.00. The van der Waals surface area contributed by atoms with E-state index in [1.807, 2.05) is 0 Å². The highest BCUT2D eigenvalue weighted by Crippen LogP contribution is 2.29. The molecule has 0 bridgehead atoms. The van der Waals surface area contributed by atoms with Gasteiger partial charge in [0.25, 0.3) is 0 Å². The number of halogens is 2. The van der Waals surface area contributed by atoms with Gasteiger partial charge in [-0.15, -0.1) is 0 Å². The van der Waals surface area contributed by atoms with Crippen LogP contribution in [0, 0.1) is 11.8 Å². The predicted molar refractivity (Wildman–Crippen MR) is 58.8 cm³/mol. The van der Waals surface area contributed by atoms with Gasteiger partial charge in [-0.25, -0.2) is 0 Å². The third kappa shape index (κ3) is 4.83. The topological polar surface area (TPSA) is 18.5 Å². The molecule has 0 atom stereocenters. The maximum Gasteiger partial charge on any atom is 0.120 e. The molecule has 84 valence electrons. The maximum absolute atomic E-state index is 5.46. The quantitative estimate of drug-likeness (QED) is 0.665. The molecule has 0 radical (unpaired) electrons. The molecule has 1 rings (SSSR count). The Balaban J connectivity index is 2.05. The summed E-state index contributed by atoms with van der Waals surface area (Å²) in [4.78, 5) is 0. The van der Waals surface area contributed by atoms with Gasteiger partial charge in [0.05, 0.1) is 13.2 Å². The molecule has 0 N–H and O–H groups in total. The minimum atomic E-state index is 0.315. The van der Waals surface area contributed by atoms with Gasteiger partial charge in [-0.1, -0.05) is 23.2 Å². The molecule has 0 aromatic rings. The summed E-state index contributed by atoms with van der Waals surface area (Å²) in [5.74, 6) is 1.39. The smallest absolute Gasteiger partial charge is 0.120 e. The van der Waals surface area contributed by atoms with Gasteiger partial charge < -0.3 is 9.47 Å². The van der Waals surface area contributed by atoms with Crippen LogP contribution in [-0.2, 0) is 9.47 Å². The Morgan fingerprint density at radius 2 is 1.14 bits per heavy atom. The molecule has 2 nitrogen and oxygen atoms in total. The second-order valence-electron chi connectivity index (χ2n) is 3.85. The number of alkyl halides is 2. The van der Waals surface area contributed by atoms with Crippen molar-refractivity contribution < 1.29 is 9.47 Å². The van der Waals surface area contributed by atoms with Gasteiger partial charge in [-0.2, -0.15) is 0 Å². The highest BCUT2D eigenvalue weighted by Gasteiger charge is 2.21. The average Bonchev–Trinajstić information content (AvgIpc) is 2.25. The number of rotatable bonds is 6. The predicted octanol–water partition coefficient (Wildman–Crippen LogP) is 3.22. The molecule has 0 aliphatic heterocycles. The monoisotopic (exact) mass is 240 g/mol. The van der Waals surface area contributed by atoms with Crippen molar-refractivity contribution in [3.8, 4) is 0 Å². The highest BCUT2D eigenvalue weighted by molar-refractivity contribution is 6.17. The van der Waals surface area contributed by atoms with Crippen molar-refractivity contribution in [3.63, 3.8) is 0 Å². The van der Waals surface area contributed by atoms with Crippen molar-refractivity contribution in [2.24, 2.45) is 11.8 Å². The lowest BCUT2D eigenvalue weighted by Crippen LogP contribution is -2.21. The molecule has 0 spiro atoms. The van der Waals surface area contributed by atoms with Crippen molar-refractivity contribution in [1.29, 1.82) is 0 Å². The molecular weight excluding hydrogens is 223 g/mol. The summed E-state index contributed by atoms with van der Waals surface area (Å²) in [7, 11) is 0. The van der Waals surface area contributed by atoms with Crippen molar-refractivity contribution in [2.75, 3.05) is 25.3 Å². The summed E-state index contributed by atoms with van der Waals surface area (Å²) >= 11 is 10.9. The summed E-state index contributed by atoms with van der Waals surface area (Å²) < 4.78 is 10.4. The highest BCUT2D eigenvalue weighted by atomic mass is 35.5. The van der Waals surface area contributed by atoms with Crippen LogP contribution in [0.4, 0.5) is 0 Å². The van der Waals surface area contributed by atoms with Gasteiger partial charge in [-0.05, 0) is 37.5 Å². The minimum absolute atomic E-state index is 0.315. The van der Waals surface area contributed by atoms with Gasteiger partial charge >= 0.3 is 0 Å². The number of hydrogen-bond acceptors (Lipinski definition) is 2. The fourth-order valence-corrected chi connectivity index (χ4v) is 2.17. The Morgan fingerprint density at radius 1 is 0.786 bits per heavy atom. The summed E-state index contributed by atoms with van der Waals surface area (Å²) in [6.07, 6.45) is 4.92. The summed E-state index contributed by atoms with van der Waals surface area (Å²) in [6, 6.07) is 0.630. The molecule has 0 aromatic carbocycles. The fourth-order valence-electron chi connectivity index (χ4n) is 1.99. The molecule has 0 aromatic heterocycles. The van der Waals surface area contributed by atoms with Crippen molar-refractivity contribution >= 4 is 23.2 Å². The van der Waals surface area contributed by atoms with E-state index < -0.39 is 0 Å². The summed E-state index contributed by atoms with van der Waals surface area (Å²) in [5, 5.41) is 0. The molecule has 4 heteroatoms. The van der Waals surface area contributed by atoms with Crippen LogP contribution >= 0.6 is 23.2 Å². The van der Waals surface area contributed by atoms with E-state index in [-0.39, 0.29) is 0 Å². The average molecular weight is 241 g/mol. The summed E-state index contributed by atoms with van der Waals surface area (Å²) in [5.41, 5.74) is 0. The second-order valence-corrected chi connectivity index (χ2v) is 4.28. The van der Waals surface area contributed by atoms with E-state index in [1.54, 1.807) is 0 Å². The van der Waals surface area contributed by atoms with Crippen LogP contribution in [0.2, 0.25) is 0 Å². The first-order chi connectivity index (χ1) is 6.86. The maximum atomic E-state index is 5.46. The van der Waals surface area contributed by atoms with E-state index in [9.17, 15) is 0 Å². The molecule has 0 unspecified atom stereocenters. The van der Waals surface area contributed by atoms with E-state index in [1.165, 1.54) is 25.7 Å². The third-order valence-electron chi connectivity index (χ3n) is 2.83. The molecule has 0 amide bonds. The first-order valence-electron chi connectivity index (χ1n) is 5.14. The molecule has 1 saturated carbocycles. The van der Waals surface area contributed by atoms with Crippen LogP contribution in [0.5, 0.6) is 0 Å². The zero-order valence-corrected chi connectivity index (χ0v) is 9.90.